The van der Waals surface area contributed by atoms with Crippen molar-refractivity contribution in [3.8, 4) is 0 Å². The van der Waals surface area contributed by atoms with Crippen LogP contribution in [-0.4, -0.2) is 26.1 Å². The molecular weight excluding hydrogens is 277 g/mol. The quantitative estimate of drug-likeness (QED) is 0.919. The Balaban J connectivity index is 1.89. The van der Waals surface area contributed by atoms with Crippen LogP contribution in [0.5, 0.6) is 0 Å². The molecule has 18 heavy (non-hydrogen) atoms. The van der Waals surface area contributed by atoms with E-state index in [0.717, 1.165) is 5.56 Å². The normalized spacial score (nSPS) is 10.3. The van der Waals surface area contributed by atoms with Gasteiger partial charge in [-0.1, -0.05) is 29.3 Å². The Morgan fingerprint density at radius 2 is 2.22 bits per heavy atom. The molecule has 2 aromatic rings. The smallest absolute Gasteiger partial charge is 0.242 e. The molecule has 0 fully saturated rings. The fourth-order valence-electron chi connectivity index (χ4n) is 1.31. The summed E-state index contributed by atoms with van der Waals surface area (Å²) in [6.45, 7) is 0.398. The summed E-state index contributed by atoms with van der Waals surface area (Å²) in [6, 6.07) is 5.12. The predicted octanol–water partition coefficient (Wildman–Crippen LogP) is 1.30. The summed E-state index contributed by atoms with van der Waals surface area (Å²) in [7, 11) is 0. The van der Waals surface area contributed by atoms with Gasteiger partial charge in [0.05, 0.1) is 0 Å². The van der Waals surface area contributed by atoms with Crippen molar-refractivity contribution in [3.05, 3.63) is 40.1 Å². The van der Waals surface area contributed by atoms with Crippen molar-refractivity contribution in [2.75, 3.05) is 0 Å². The predicted molar refractivity (Wildman–Crippen MR) is 66.1 cm³/mol. The first kappa shape index (κ1) is 12.8. The number of benzene rings is 1. The zero-order valence-electron chi connectivity index (χ0n) is 9.18. The third-order valence-electron chi connectivity index (χ3n) is 2.19. The number of aromatic nitrogens is 4. The molecule has 0 bridgehead atoms. The average molecular weight is 286 g/mol. The number of hydrogen-bond acceptors (Lipinski definition) is 4. The highest BCUT2D eigenvalue weighted by Gasteiger charge is 2.06. The van der Waals surface area contributed by atoms with Crippen molar-refractivity contribution in [2.24, 2.45) is 0 Å². The second-order valence-corrected chi connectivity index (χ2v) is 4.36. The van der Waals surface area contributed by atoms with Crippen molar-refractivity contribution < 1.29 is 4.79 Å². The van der Waals surface area contributed by atoms with Gasteiger partial charge in [-0.2, -0.15) is 0 Å². The van der Waals surface area contributed by atoms with Crippen LogP contribution in [0.4, 0.5) is 0 Å². The third-order valence-corrected chi connectivity index (χ3v) is 2.78. The molecule has 0 radical (unpaired) electrons. The van der Waals surface area contributed by atoms with E-state index in [2.05, 4.69) is 20.8 Å². The third kappa shape index (κ3) is 3.41. The highest BCUT2D eigenvalue weighted by atomic mass is 35.5. The molecule has 1 amide bonds. The summed E-state index contributed by atoms with van der Waals surface area (Å²) in [5.41, 5.74) is 0.797. The second kappa shape index (κ2) is 5.79. The van der Waals surface area contributed by atoms with Crippen molar-refractivity contribution >= 4 is 29.1 Å². The number of nitrogens with zero attached hydrogens (tertiary/aromatic N) is 4. The molecule has 8 heteroatoms. The molecule has 6 nitrogen and oxygen atoms in total. The van der Waals surface area contributed by atoms with Gasteiger partial charge in [-0.3, -0.25) is 4.79 Å². The van der Waals surface area contributed by atoms with Crippen LogP contribution in [0.1, 0.15) is 5.56 Å². The largest absolute Gasteiger partial charge is 0.350 e. The molecule has 1 heterocycles. The lowest BCUT2D eigenvalue weighted by molar-refractivity contribution is -0.122. The van der Waals surface area contributed by atoms with E-state index in [9.17, 15) is 4.79 Å². The van der Waals surface area contributed by atoms with Crippen molar-refractivity contribution in [3.63, 3.8) is 0 Å². The van der Waals surface area contributed by atoms with E-state index in [1.165, 1.54) is 11.0 Å². The Hall–Kier alpha value is -1.66. The summed E-state index contributed by atoms with van der Waals surface area (Å²) in [5, 5.41) is 14.3. The van der Waals surface area contributed by atoms with E-state index in [4.69, 9.17) is 23.2 Å². The van der Waals surface area contributed by atoms with Gasteiger partial charge in [-0.15, -0.1) is 5.10 Å². The summed E-state index contributed by atoms with van der Waals surface area (Å²) >= 11 is 11.8. The van der Waals surface area contributed by atoms with Gasteiger partial charge in [0, 0.05) is 16.6 Å². The fraction of sp³-hybridized carbons (Fsp3) is 0.200. The maximum atomic E-state index is 11.6. The van der Waals surface area contributed by atoms with Crippen LogP contribution in [0, 0.1) is 0 Å². The Kier molecular flexibility index (Phi) is 4.11. The maximum Gasteiger partial charge on any atom is 0.242 e. The van der Waals surface area contributed by atoms with Crippen LogP contribution in [-0.2, 0) is 17.9 Å². The van der Waals surface area contributed by atoms with Crippen molar-refractivity contribution in [1.29, 1.82) is 0 Å². The van der Waals surface area contributed by atoms with Crippen LogP contribution in [0.25, 0.3) is 0 Å². The van der Waals surface area contributed by atoms with E-state index in [1.807, 2.05) is 0 Å². The van der Waals surface area contributed by atoms with Crippen LogP contribution in [0.2, 0.25) is 10.0 Å². The van der Waals surface area contributed by atoms with Crippen LogP contribution < -0.4 is 5.32 Å². The lowest BCUT2D eigenvalue weighted by Crippen LogP contribution is -2.27. The molecule has 1 aromatic heterocycles. The summed E-state index contributed by atoms with van der Waals surface area (Å²) in [6.07, 6.45) is 1.37. The van der Waals surface area contributed by atoms with E-state index < -0.39 is 0 Å². The molecule has 0 spiro atoms. The van der Waals surface area contributed by atoms with Gasteiger partial charge in [-0.05, 0) is 28.1 Å². The topological polar surface area (TPSA) is 72.7 Å². The number of amides is 1. The SMILES string of the molecule is O=C(Cn1cnnn1)NCc1ccc(Cl)cc1Cl. The van der Waals surface area contributed by atoms with Gasteiger partial charge in [0.1, 0.15) is 12.9 Å². The lowest BCUT2D eigenvalue weighted by atomic mass is 10.2. The summed E-state index contributed by atoms with van der Waals surface area (Å²) < 4.78 is 1.33. The molecule has 0 aliphatic rings. The van der Waals surface area contributed by atoms with E-state index in [1.54, 1.807) is 18.2 Å². The molecule has 0 atom stereocenters. The first-order valence-electron chi connectivity index (χ1n) is 5.06. The zero-order chi connectivity index (χ0) is 13.0. The van der Waals surface area contributed by atoms with Crippen LogP contribution in [0.15, 0.2) is 24.5 Å². The van der Waals surface area contributed by atoms with Crippen molar-refractivity contribution in [2.45, 2.75) is 13.1 Å². The molecule has 1 N–H and O–H groups in total. The number of halogens is 2. The highest BCUT2D eigenvalue weighted by Crippen LogP contribution is 2.20. The number of rotatable bonds is 4. The molecule has 94 valence electrons. The Labute approximate surface area is 113 Å². The lowest BCUT2D eigenvalue weighted by Gasteiger charge is -2.07. The Morgan fingerprint density at radius 3 is 2.89 bits per heavy atom. The standard InChI is InChI=1S/C10H9Cl2N5O/c11-8-2-1-7(9(12)3-8)4-13-10(18)5-17-6-14-15-16-17/h1-3,6H,4-5H2,(H,13,18). The Morgan fingerprint density at radius 1 is 1.39 bits per heavy atom. The minimum Gasteiger partial charge on any atom is -0.350 e. The molecule has 0 saturated carbocycles. The maximum absolute atomic E-state index is 11.6. The number of nitrogens with one attached hydrogen (secondary N) is 1. The molecular formula is C10H9Cl2N5O. The number of tetrazole rings is 1. The van der Waals surface area contributed by atoms with Gasteiger partial charge in [0.15, 0.2) is 0 Å². The summed E-state index contributed by atoms with van der Waals surface area (Å²) in [5.74, 6) is -0.201. The minimum atomic E-state index is -0.201. The first-order valence-corrected chi connectivity index (χ1v) is 5.82. The van der Waals surface area contributed by atoms with Gasteiger partial charge in [0.25, 0.3) is 0 Å². The monoisotopic (exact) mass is 285 g/mol. The van der Waals surface area contributed by atoms with Gasteiger partial charge < -0.3 is 5.32 Å². The van der Waals surface area contributed by atoms with Gasteiger partial charge in [-0.25, -0.2) is 4.68 Å². The van der Waals surface area contributed by atoms with Gasteiger partial charge >= 0.3 is 0 Å². The van der Waals surface area contributed by atoms with Gasteiger partial charge in [0.2, 0.25) is 5.91 Å². The number of hydrogen-bond donors (Lipinski definition) is 1. The highest BCUT2D eigenvalue weighted by molar-refractivity contribution is 6.35. The number of carbonyl (C=O) groups excluding carboxylic acids is 1. The van der Waals surface area contributed by atoms with Crippen LogP contribution >= 0.6 is 23.2 Å². The molecule has 0 saturated heterocycles. The average Bonchev–Trinajstić information content (AvgIpc) is 2.80. The van der Waals surface area contributed by atoms with Crippen LogP contribution in [0.3, 0.4) is 0 Å². The Bertz CT molecular complexity index is 543. The molecule has 1 aromatic carbocycles. The van der Waals surface area contributed by atoms with Crippen molar-refractivity contribution in [1.82, 2.24) is 25.5 Å². The summed E-state index contributed by atoms with van der Waals surface area (Å²) in [4.78, 5) is 11.6. The number of carbonyl (C=O) groups is 1. The fourth-order valence-corrected chi connectivity index (χ4v) is 1.79. The van der Waals surface area contributed by atoms with E-state index in [0.29, 0.717) is 16.6 Å². The second-order valence-electron chi connectivity index (χ2n) is 3.52. The molecule has 0 aliphatic carbocycles. The molecule has 2 rings (SSSR count). The van der Waals surface area contributed by atoms with E-state index >= 15 is 0 Å². The molecule has 0 aliphatic heterocycles. The first-order chi connectivity index (χ1) is 8.65. The zero-order valence-corrected chi connectivity index (χ0v) is 10.7. The molecule has 0 unspecified atom stereocenters. The van der Waals surface area contributed by atoms with E-state index in [-0.39, 0.29) is 12.5 Å². The minimum absolute atomic E-state index is 0.0677.